The number of rotatable bonds is 5. The Morgan fingerprint density at radius 1 is 1.53 bits per heavy atom. The molecule has 0 bridgehead atoms. The quantitative estimate of drug-likeness (QED) is 0.635. The summed E-state index contributed by atoms with van der Waals surface area (Å²) in [5.41, 5.74) is 6.73. The number of carbonyl (C=O) groups excluding carboxylic acids is 1. The van der Waals surface area contributed by atoms with Crippen LogP contribution in [0.5, 0.6) is 0 Å². The fourth-order valence-electron chi connectivity index (χ4n) is 1.80. The number of nitrogens with two attached hydrogens (primary N) is 1. The van der Waals surface area contributed by atoms with E-state index in [4.69, 9.17) is 10.5 Å². The zero-order valence-corrected chi connectivity index (χ0v) is 10.2. The van der Waals surface area contributed by atoms with Gasteiger partial charge in [0.1, 0.15) is 5.82 Å². The van der Waals surface area contributed by atoms with E-state index >= 15 is 0 Å². The van der Waals surface area contributed by atoms with Gasteiger partial charge in [0.05, 0.1) is 13.0 Å². The van der Waals surface area contributed by atoms with Gasteiger partial charge in [0.25, 0.3) is 0 Å². The molecule has 0 heterocycles. The minimum Gasteiger partial charge on any atom is -0.469 e. The van der Waals surface area contributed by atoms with E-state index in [-0.39, 0.29) is 11.8 Å². The lowest BCUT2D eigenvalue weighted by atomic mass is 9.92. The molecule has 0 saturated heterocycles. The summed E-state index contributed by atoms with van der Waals surface area (Å²) in [5, 5.41) is 0. The van der Waals surface area contributed by atoms with Crippen molar-refractivity contribution in [2.75, 3.05) is 12.8 Å². The summed E-state index contributed by atoms with van der Waals surface area (Å²) in [5.74, 6) is -1.23. The van der Waals surface area contributed by atoms with Crippen molar-refractivity contribution in [1.82, 2.24) is 0 Å². The maximum absolute atomic E-state index is 13.2. The third-order valence-corrected chi connectivity index (χ3v) is 2.76. The van der Waals surface area contributed by atoms with Crippen LogP contribution in [0.1, 0.15) is 37.7 Å². The van der Waals surface area contributed by atoms with E-state index in [9.17, 15) is 9.18 Å². The van der Waals surface area contributed by atoms with Crippen LogP contribution < -0.4 is 5.73 Å². The van der Waals surface area contributed by atoms with Crippen molar-refractivity contribution >= 4 is 11.7 Å². The highest BCUT2D eigenvalue weighted by molar-refractivity contribution is 5.80. The van der Waals surface area contributed by atoms with Gasteiger partial charge in [-0.1, -0.05) is 19.8 Å². The molecule has 0 saturated carbocycles. The van der Waals surface area contributed by atoms with Crippen LogP contribution in [0.25, 0.3) is 0 Å². The number of benzene rings is 1. The van der Waals surface area contributed by atoms with Crippen molar-refractivity contribution in [3.8, 4) is 0 Å². The Morgan fingerprint density at radius 3 is 2.82 bits per heavy atom. The van der Waals surface area contributed by atoms with Gasteiger partial charge >= 0.3 is 5.97 Å². The predicted molar refractivity (Wildman–Crippen MR) is 65.1 cm³/mol. The molecule has 0 spiro atoms. The molecule has 0 radical (unpaired) electrons. The molecular weight excluding hydrogens is 221 g/mol. The number of hydrogen-bond acceptors (Lipinski definition) is 3. The maximum atomic E-state index is 13.2. The Bertz CT molecular complexity index is 393. The molecule has 0 aliphatic rings. The van der Waals surface area contributed by atoms with Crippen LogP contribution in [0.2, 0.25) is 0 Å². The first-order valence-electron chi connectivity index (χ1n) is 5.72. The first-order valence-corrected chi connectivity index (χ1v) is 5.72. The highest BCUT2D eigenvalue weighted by Gasteiger charge is 2.23. The smallest absolute Gasteiger partial charge is 0.313 e. The standard InChI is InChI=1S/C13H18FNO2/c1-3-4-5-10(13(16)17-2)11-8-9(14)6-7-12(11)15/h6-8,10H,3-5,15H2,1-2H3. The van der Waals surface area contributed by atoms with Gasteiger partial charge in [0.15, 0.2) is 0 Å². The summed E-state index contributed by atoms with van der Waals surface area (Å²) in [6, 6.07) is 4.08. The number of ether oxygens (including phenoxy) is 1. The summed E-state index contributed by atoms with van der Waals surface area (Å²) in [6.07, 6.45) is 2.45. The van der Waals surface area contributed by atoms with E-state index < -0.39 is 5.92 Å². The Labute approximate surface area is 101 Å². The van der Waals surface area contributed by atoms with Gasteiger partial charge in [-0.25, -0.2) is 4.39 Å². The van der Waals surface area contributed by atoms with E-state index in [1.807, 2.05) is 6.92 Å². The number of anilines is 1. The Kier molecular flexibility index (Phi) is 4.94. The van der Waals surface area contributed by atoms with Crippen molar-refractivity contribution in [3.63, 3.8) is 0 Å². The van der Waals surface area contributed by atoms with E-state index in [2.05, 4.69) is 0 Å². The number of halogens is 1. The molecule has 0 aromatic heterocycles. The minimum atomic E-state index is -0.476. The van der Waals surface area contributed by atoms with Gasteiger partial charge in [-0.3, -0.25) is 4.79 Å². The van der Waals surface area contributed by atoms with Crippen LogP contribution in [-0.2, 0) is 9.53 Å². The summed E-state index contributed by atoms with van der Waals surface area (Å²) in [6.45, 7) is 2.03. The molecule has 1 aromatic carbocycles. The molecule has 2 N–H and O–H groups in total. The van der Waals surface area contributed by atoms with Gasteiger partial charge in [-0.15, -0.1) is 0 Å². The number of nitrogen functional groups attached to an aromatic ring is 1. The first-order chi connectivity index (χ1) is 8.10. The van der Waals surface area contributed by atoms with Crippen molar-refractivity contribution in [1.29, 1.82) is 0 Å². The van der Waals surface area contributed by atoms with E-state index in [0.29, 0.717) is 17.7 Å². The molecule has 4 heteroatoms. The lowest BCUT2D eigenvalue weighted by Crippen LogP contribution is -2.16. The fourth-order valence-corrected chi connectivity index (χ4v) is 1.80. The van der Waals surface area contributed by atoms with Crippen LogP contribution in [-0.4, -0.2) is 13.1 Å². The maximum Gasteiger partial charge on any atom is 0.313 e. The molecule has 1 rings (SSSR count). The van der Waals surface area contributed by atoms with Crippen LogP contribution in [0.4, 0.5) is 10.1 Å². The molecule has 1 atom stereocenters. The lowest BCUT2D eigenvalue weighted by molar-refractivity contribution is -0.142. The molecule has 1 aromatic rings. The fraction of sp³-hybridized carbons (Fsp3) is 0.462. The molecular formula is C13H18FNO2. The van der Waals surface area contributed by atoms with Gasteiger partial charge < -0.3 is 10.5 Å². The molecule has 94 valence electrons. The second kappa shape index (κ2) is 6.23. The zero-order valence-electron chi connectivity index (χ0n) is 10.2. The Hall–Kier alpha value is -1.58. The third kappa shape index (κ3) is 3.44. The average Bonchev–Trinajstić information content (AvgIpc) is 2.33. The third-order valence-electron chi connectivity index (χ3n) is 2.76. The van der Waals surface area contributed by atoms with E-state index in [0.717, 1.165) is 12.8 Å². The summed E-state index contributed by atoms with van der Waals surface area (Å²) in [7, 11) is 1.33. The van der Waals surface area contributed by atoms with Gasteiger partial charge in [-0.05, 0) is 30.2 Å². The SMILES string of the molecule is CCCCC(C(=O)OC)c1cc(F)ccc1N. The molecule has 0 amide bonds. The number of esters is 1. The highest BCUT2D eigenvalue weighted by Crippen LogP contribution is 2.28. The van der Waals surface area contributed by atoms with E-state index in [1.54, 1.807) is 0 Å². The Morgan fingerprint density at radius 2 is 2.24 bits per heavy atom. The normalized spacial score (nSPS) is 12.2. The summed E-state index contributed by atoms with van der Waals surface area (Å²) in [4.78, 5) is 11.7. The van der Waals surface area contributed by atoms with Crippen molar-refractivity contribution in [3.05, 3.63) is 29.6 Å². The molecule has 3 nitrogen and oxygen atoms in total. The highest BCUT2D eigenvalue weighted by atomic mass is 19.1. The summed E-state index contributed by atoms with van der Waals surface area (Å²) >= 11 is 0. The van der Waals surface area contributed by atoms with Crippen LogP contribution in [0, 0.1) is 5.82 Å². The zero-order chi connectivity index (χ0) is 12.8. The van der Waals surface area contributed by atoms with Crippen LogP contribution >= 0.6 is 0 Å². The first kappa shape index (κ1) is 13.5. The Balaban J connectivity index is 3.02. The number of unbranched alkanes of at least 4 members (excludes halogenated alkanes) is 1. The van der Waals surface area contributed by atoms with Gasteiger partial charge in [0, 0.05) is 5.69 Å². The molecule has 1 unspecified atom stereocenters. The van der Waals surface area contributed by atoms with Gasteiger partial charge in [-0.2, -0.15) is 0 Å². The molecule has 0 aliphatic heterocycles. The van der Waals surface area contributed by atoms with Crippen molar-refractivity contribution in [2.24, 2.45) is 0 Å². The molecule has 0 aliphatic carbocycles. The number of hydrogen-bond donors (Lipinski definition) is 1. The summed E-state index contributed by atoms with van der Waals surface area (Å²) < 4.78 is 17.9. The van der Waals surface area contributed by atoms with Crippen molar-refractivity contribution < 1.29 is 13.9 Å². The second-order valence-electron chi connectivity index (χ2n) is 3.99. The second-order valence-corrected chi connectivity index (χ2v) is 3.99. The topological polar surface area (TPSA) is 52.3 Å². The number of carbonyl (C=O) groups is 1. The van der Waals surface area contributed by atoms with Crippen molar-refractivity contribution in [2.45, 2.75) is 32.1 Å². The molecule has 17 heavy (non-hydrogen) atoms. The van der Waals surface area contributed by atoms with Gasteiger partial charge in [0.2, 0.25) is 0 Å². The lowest BCUT2D eigenvalue weighted by Gasteiger charge is -2.16. The predicted octanol–water partition coefficient (Wildman–Crippen LogP) is 2.85. The van der Waals surface area contributed by atoms with Crippen LogP contribution in [0.3, 0.4) is 0 Å². The van der Waals surface area contributed by atoms with Crippen LogP contribution in [0.15, 0.2) is 18.2 Å². The minimum absolute atomic E-state index is 0.365. The number of methoxy groups -OCH3 is 1. The van der Waals surface area contributed by atoms with E-state index in [1.165, 1.54) is 25.3 Å². The largest absolute Gasteiger partial charge is 0.469 e. The monoisotopic (exact) mass is 239 g/mol. The molecule has 0 fully saturated rings. The average molecular weight is 239 g/mol.